The van der Waals surface area contributed by atoms with Gasteiger partial charge in [-0.1, -0.05) is 27.7 Å². The van der Waals surface area contributed by atoms with Gasteiger partial charge in [-0.15, -0.1) is 0 Å². The number of nitrogens with two attached hydrogens (primary N) is 1. The highest BCUT2D eigenvalue weighted by Crippen LogP contribution is 2.30. The molecule has 8 heteroatoms. The van der Waals surface area contributed by atoms with Crippen molar-refractivity contribution in [3.05, 3.63) is 82.2 Å². The van der Waals surface area contributed by atoms with Crippen LogP contribution in [-0.4, -0.2) is 16.8 Å². The summed E-state index contributed by atoms with van der Waals surface area (Å²) in [5, 5.41) is 3.16. The summed E-state index contributed by atoms with van der Waals surface area (Å²) in [6, 6.07) is 14.5. The minimum absolute atomic E-state index is 0.263. The van der Waals surface area contributed by atoms with E-state index in [1.807, 2.05) is 24.3 Å². The lowest BCUT2D eigenvalue weighted by molar-refractivity contribution is 0.0992. The molecule has 0 aliphatic rings. The van der Waals surface area contributed by atoms with E-state index >= 15 is 0 Å². The molecule has 0 saturated carbocycles. The Bertz CT molecular complexity index is 1010. The predicted octanol–water partition coefficient (Wildman–Crippen LogP) is 4.49. The van der Waals surface area contributed by atoms with Gasteiger partial charge >= 0.3 is 0 Å². The Balaban J connectivity index is 1.84. The van der Waals surface area contributed by atoms with E-state index in [0.29, 0.717) is 10.6 Å². The number of aromatic nitrogens is 1. The van der Waals surface area contributed by atoms with Crippen molar-refractivity contribution in [1.29, 1.82) is 0 Å². The van der Waals surface area contributed by atoms with Crippen LogP contribution >= 0.6 is 27.7 Å². The largest absolute Gasteiger partial charge is 0.366 e. The van der Waals surface area contributed by atoms with Crippen molar-refractivity contribution in [3.8, 4) is 0 Å². The summed E-state index contributed by atoms with van der Waals surface area (Å²) in [6.07, 6.45) is 1.60. The van der Waals surface area contributed by atoms with E-state index < -0.39 is 17.6 Å². The molecule has 0 atom stereocenters. The Labute approximate surface area is 167 Å². The number of carbonyl (C=O) groups is 2. The SMILES string of the molecule is NC(=O)c1cc(NC(=O)c2cccnc2Sc2ccc(Br)cc2)ccc1F. The number of halogens is 2. The zero-order chi connectivity index (χ0) is 19.4. The minimum Gasteiger partial charge on any atom is -0.366 e. The Morgan fingerprint density at radius 1 is 1.07 bits per heavy atom. The molecule has 0 aliphatic heterocycles. The highest BCUT2D eigenvalue weighted by atomic mass is 79.9. The van der Waals surface area contributed by atoms with Crippen LogP contribution in [0.1, 0.15) is 20.7 Å². The topological polar surface area (TPSA) is 85.1 Å². The second-order valence-electron chi connectivity index (χ2n) is 5.43. The van der Waals surface area contributed by atoms with Crippen LogP contribution in [0.4, 0.5) is 10.1 Å². The first kappa shape index (κ1) is 19.1. The maximum Gasteiger partial charge on any atom is 0.258 e. The van der Waals surface area contributed by atoms with Gasteiger partial charge < -0.3 is 11.1 Å². The van der Waals surface area contributed by atoms with Crippen LogP contribution in [0.3, 0.4) is 0 Å². The molecule has 0 fully saturated rings. The zero-order valence-corrected chi connectivity index (χ0v) is 16.2. The van der Waals surface area contributed by atoms with E-state index in [1.54, 1.807) is 18.3 Å². The molecule has 136 valence electrons. The molecular formula is C19H13BrFN3O2S. The Morgan fingerprint density at radius 2 is 1.81 bits per heavy atom. The number of nitrogens with zero attached hydrogens (tertiary/aromatic N) is 1. The fourth-order valence-electron chi connectivity index (χ4n) is 2.25. The number of benzene rings is 2. The van der Waals surface area contributed by atoms with E-state index in [-0.39, 0.29) is 11.3 Å². The first-order valence-electron chi connectivity index (χ1n) is 7.73. The number of hydrogen-bond acceptors (Lipinski definition) is 4. The lowest BCUT2D eigenvalue weighted by atomic mass is 10.1. The first-order valence-corrected chi connectivity index (χ1v) is 9.34. The average Bonchev–Trinajstić information content (AvgIpc) is 2.65. The summed E-state index contributed by atoms with van der Waals surface area (Å²) >= 11 is 4.72. The van der Waals surface area contributed by atoms with Crippen LogP contribution in [0.2, 0.25) is 0 Å². The number of pyridine rings is 1. The third kappa shape index (κ3) is 4.72. The van der Waals surface area contributed by atoms with Gasteiger partial charge in [0.05, 0.1) is 11.1 Å². The molecule has 1 aromatic heterocycles. The van der Waals surface area contributed by atoms with E-state index in [0.717, 1.165) is 15.4 Å². The summed E-state index contributed by atoms with van der Waals surface area (Å²) in [4.78, 5) is 29.1. The molecule has 5 nitrogen and oxygen atoms in total. The summed E-state index contributed by atoms with van der Waals surface area (Å²) < 4.78 is 14.5. The van der Waals surface area contributed by atoms with Gasteiger partial charge in [-0.25, -0.2) is 9.37 Å². The Hall–Kier alpha value is -2.71. The Morgan fingerprint density at radius 3 is 2.52 bits per heavy atom. The van der Waals surface area contributed by atoms with Gasteiger partial charge in [0.2, 0.25) is 0 Å². The second-order valence-corrected chi connectivity index (χ2v) is 7.40. The van der Waals surface area contributed by atoms with Crippen molar-refractivity contribution in [2.24, 2.45) is 5.73 Å². The van der Waals surface area contributed by atoms with E-state index in [2.05, 4.69) is 26.2 Å². The number of hydrogen-bond donors (Lipinski definition) is 2. The lowest BCUT2D eigenvalue weighted by Gasteiger charge is -2.10. The molecule has 27 heavy (non-hydrogen) atoms. The van der Waals surface area contributed by atoms with Gasteiger partial charge in [-0.2, -0.15) is 0 Å². The average molecular weight is 446 g/mol. The third-order valence-electron chi connectivity index (χ3n) is 3.53. The second kappa shape index (κ2) is 8.32. The number of carbonyl (C=O) groups excluding carboxylic acids is 2. The van der Waals surface area contributed by atoms with Gasteiger partial charge in [0, 0.05) is 21.3 Å². The van der Waals surface area contributed by atoms with Crippen LogP contribution < -0.4 is 11.1 Å². The molecule has 2 aromatic carbocycles. The molecule has 0 bridgehead atoms. The molecule has 3 N–H and O–H groups in total. The number of anilines is 1. The fourth-order valence-corrected chi connectivity index (χ4v) is 3.39. The number of rotatable bonds is 5. The molecule has 0 spiro atoms. The number of primary amides is 1. The van der Waals surface area contributed by atoms with Gasteiger partial charge in [0.15, 0.2) is 0 Å². The monoisotopic (exact) mass is 445 g/mol. The van der Waals surface area contributed by atoms with Crippen LogP contribution in [0.15, 0.2) is 75.2 Å². The van der Waals surface area contributed by atoms with Crippen LogP contribution in [0, 0.1) is 5.82 Å². The molecule has 3 aromatic rings. The summed E-state index contributed by atoms with van der Waals surface area (Å²) in [7, 11) is 0. The van der Waals surface area contributed by atoms with Crippen molar-refractivity contribution >= 4 is 45.2 Å². The van der Waals surface area contributed by atoms with E-state index in [4.69, 9.17) is 5.73 Å². The normalized spacial score (nSPS) is 10.4. The van der Waals surface area contributed by atoms with E-state index in [1.165, 1.54) is 23.9 Å². The van der Waals surface area contributed by atoms with Gasteiger partial charge in [0.25, 0.3) is 11.8 Å². The molecular weight excluding hydrogens is 433 g/mol. The molecule has 0 saturated heterocycles. The van der Waals surface area contributed by atoms with Crippen LogP contribution in [0.5, 0.6) is 0 Å². The lowest BCUT2D eigenvalue weighted by Crippen LogP contribution is -2.16. The van der Waals surface area contributed by atoms with Gasteiger partial charge in [-0.05, 0) is 54.6 Å². The van der Waals surface area contributed by atoms with Gasteiger partial charge in [-0.3, -0.25) is 9.59 Å². The predicted molar refractivity (Wildman–Crippen MR) is 105 cm³/mol. The quantitative estimate of drug-likeness (QED) is 0.605. The molecule has 1 heterocycles. The third-order valence-corrected chi connectivity index (χ3v) is 5.09. The molecule has 3 rings (SSSR count). The molecule has 0 aliphatic carbocycles. The summed E-state index contributed by atoms with van der Waals surface area (Å²) in [6.45, 7) is 0. The molecule has 2 amide bonds. The smallest absolute Gasteiger partial charge is 0.258 e. The molecule has 0 unspecified atom stereocenters. The summed E-state index contributed by atoms with van der Waals surface area (Å²) in [5.41, 5.74) is 5.47. The minimum atomic E-state index is -0.906. The van der Waals surface area contributed by atoms with Gasteiger partial charge in [0.1, 0.15) is 10.8 Å². The molecule has 0 radical (unpaired) electrons. The Kier molecular flexibility index (Phi) is 5.88. The zero-order valence-electron chi connectivity index (χ0n) is 13.8. The number of nitrogens with one attached hydrogen (secondary N) is 1. The first-order chi connectivity index (χ1) is 12.9. The maximum atomic E-state index is 13.6. The van der Waals surface area contributed by atoms with Crippen LogP contribution in [0.25, 0.3) is 0 Å². The van der Waals surface area contributed by atoms with Crippen LogP contribution in [-0.2, 0) is 0 Å². The van der Waals surface area contributed by atoms with Crippen molar-refractivity contribution < 1.29 is 14.0 Å². The van der Waals surface area contributed by atoms with Crippen molar-refractivity contribution in [1.82, 2.24) is 4.98 Å². The standard InChI is InChI=1S/C19H13BrFN3O2S/c20-11-3-6-13(7-4-11)27-19-14(2-1-9-23-19)18(26)24-12-5-8-16(21)15(10-12)17(22)25/h1-10H,(H2,22,25)(H,24,26). The highest BCUT2D eigenvalue weighted by molar-refractivity contribution is 9.10. The van der Waals surface area contributed by atoms with Crippen molar-refractivity contribution in [2.45, 2.75) is 9.92 Å². The van der Waals surface area contributed by atoms with E-state index in [9.17, 15) is 14.0 Å². The maximum absolute atomic E-state index is 13.6. The van der Waals surface area contributed by atoms with Crippen molar-refractivity contribution in [3.63, 3.8) is 0 Å². The number of amides is 2. The van der Waals surface area contributed by atoms with Crippen molar-refractivity contribution in [2.75, 3.05) is 5.32 Å². The fraction of sp³-hybridized carbons (Fsp3) is 0. The summed E-state index contributed by atoms with van der Waals surface area (Å²) in [5.74, 6) is -2.07. The highest BCUT2D eigenvalue weighted by Gasteiger charge is 2.15.